The van der Waals surface area contributed by atoms with E-state index in [1.54, 1.807) is 7.11 Å². The first-order valence-electron chi connectivity index (χ1n) is 4.93. The molecule has 1 heterocycles. The number of nitrogens with one attached hydrogen (secondary N) is 1. The van der Waals surface area contributed by atoms with Crippen LogP contribution in [-0.4, -0.2) is 12.1 Å². The molecule has 17 heavy (non-hydrogen) atoms. The topological polar surface area (TPSA) is 60.2 Å². The van der Waals surface area contributed by atoms with Crippen molar-refractivity contribution >= 4 is 28.1 Å². The van der Waals surface area contributed by atoms with Crippen LogP contribution in [0.2, 0.25) is 5.02 Å². The largest absolute Gasteiger partial charge is 0.495 e. The third-order valence-corrected chi connectivity index (χ3v) is 3.54. The highest BCUT2D eigenvalue weighted by molar-refractivity contribution is 7.15. The van der Waals surface area contributed by atoms with Crippen LogP contribution in [0.5, 0.6) is 5.75 Å². The van der Waals surface area contributed by atoms with Gasteiger partial charge in [0, 0.05) is 10.4 Å². The molecule has 1 aromatic carbocycles. The van der Waals surface area contributed by atoms with Crippen molar-refractivity contribution < 1.29 is 4.74 Å². The number of halogens is 1. The zero-order valence-corrected chi connectivity index (χ0v) is 11.0. The fraction of sp³-hybridized carbons (Fsp3) is 0.182. The van der Waals surface area contributed by atoms with Gasteiger partial charge in [0.25, 0.3) is 0 Å². The molecule has 6 heteroatoms. The Morgan fingerprint density at radius 3 is 2.76 bits per heavy atom. The Morgan fingerprint density at radius 1 is 1.47 bits per heavy atom. The number of nitrogens with two attached hydrogens (primary N) is 1. The van der Waals surface area contributed by atoms with Crippen LogP contribution < -0.4 is 16.0 Å². The molecule has 0 saturated heterocycles. The van der Waals surface area contributed by atoms with Crippen molar-refractivity contribution in [1.29, 1.82) is 0 Å². The number of nitrogens with zero attached hydrogens (tertiary/aromatic N) is 1. The van der Waals surface area contributed by atoms with Gasteiger partial charge in [0.1, 0.15) is 5.75 Å². The minimum absolute atomic E-state index is 0.569. The lowest BCUT2D eigenvalue weighted by atomic mass is 10.1. The van der Waals surface area contributed by atoms with Crippen LogP contribution in [0, 0.1) is 6.92 Å². The van der Waals surface area contributed by atoms with Gasteiger partial charge < -0.3 is 4.74 Å². The highest BCUT2D eigenvalue weighted by atomic mass is 35.5. The number of thiazole rings is 1. The summed E-state index contributed by atoms with van der Waals surface area (Å²) in [5.74, 6) is 5.99. The predicted molar refractivity (Wildman–Crippen MR) is 71.7 cm³/mol. The fourth-order valence-electron chi connectivity index (χ4n) is 1.54. The van der Waals surface area contributed by atoms with Gasteiger partial charge in [0.15, 0.2) is 5.13 Å². The van der Waals surface area contributed by atoms with E-state index in [4.69, 9.17) is 22.2 Å². The van der Waals surface area contributed by atoms with Crippen molar-refractivity contribution in [3.8, 4) is 17.0 Å². The highest BCUT2D eigenvalue weighted by Crippen LogP contribution is 2.34. The molecule has 90 valence electrons. The molecule has 4 nitrogen and oxygen atoms in total. The van der Waals surface area contributed by atoms with Crippen molar-refractivity contribution in [2.75, 3.05) is 12.5 Å². The quantitative estimate of drug-likeness (QED) is 0.664. The average Bonchev–Trinajstić information content (AvgIpc) is 2.70. The molecule has 0 aliphatic rings. The molecular weight excluding hydrogens is 258 g/mol. The lowest BCUT2D eigenvalue weighted by Gasteiger charge is -2.04. The summed E-state index contributed by atoms with van der Waals surface area (Å²) < 4.78 is 5.11. The molecule has 0 amide bonds. The molecule has 2 rings (SSSR count). The molecule has 0 radical (unpaired) electrons. The maximum Gasteiger partial charge on any atom is 0.197 e. The molecule has 0 aliphatic heterocycles. The molecule has 0 bridgehead atoms. The molecule has 0 aliphatic carbocycles. The van der Waals surface area contributed by atoms with Crippen molar-refractivity contribution in [1.82, 2.24) is 4.98 Å². The molecule has 0 fully saturated rings. The van der Waals surface area contributed by atoms with Gasteiger partial charge in [-0.2, -0.15) is 0 Å². The summed E-state index contributed by atoms with van der Waals surface area (Å²) in [6, 6.07) is 5.59. The number of hydrazine groups is 1. The van der Waals surface area contributed by atoms with E-state index in [0.717, 1.165) is 16.1 Å². The highest BCUT2D eigenvalue weighted by Gasteiger charge is 2.11. The van der Waals surface area contributed by atoms with E-state index in [-0.39, 0.29) is 0 Å². The second kappa shape index (κ2) is 4.91. The second-order valence-corrected chi connectivity index (χ2v) is 5.03. The number of nitrogen functional groups attached to an aromatic ring is 1. The number of ether oxygens (including phenoxy) is 1. The minimum Gasteiger partial charge on any atom is -0.495 e. The maximum atomic E-state index is 6.08. The Bertz CT molecular complexity index is 542. The summed E-state index contributed by atoms with van der Waals surface area (Å²) in [6.07, 6.45) is 0. The Kier molecular flexibility index (Phi) is 3.51. The zero-order valence-electron chi connectivity index (χ0n) is 9.45. The first-order valence-corrected chi connectivity index (χ1v) is 6.13. The molecular formula is C11H12ClN3OS. The lowest BCUT2D eigenvalue weighted by Crippen LogP contribution is -2.05. The molecule has 1 aromatic heterocycles. The molecule has 0 unspecified atom stereocenters. The van der Waals surface area contributed by atoms with Crippen LogP contribution in [0.15, 0.2) is 18.2 Å². The van der Waals surface area contributed by atoms with Crippen LogP contribution in [-0.2, 0) is 0 Å². The average molecular weight is 270 g/mol. The number of aromatic nitrogens is 1. The molecule has 0 saturated carbocycles. The molecule has 3 N–H and O–H groups in total. The molecule has 0 spiro atoms. The summed E-state index contributed by atoms with van der Waals surface area (Å²) in [4.78, 5) is 5.46. The van der Waals surface area contributed by atoms with E-state index in [1.165, 1.54) is 11.3 Å². The molecule has 0 atom stereocenters. The first-order chi connectivity index (χ1) is 8.15. The predicted octanol–water partition coefficient (Wildman–Crippen LogP) is 3.07. The van der Waals surface area contributed by atoms with Crippen molar-refractivity contribution in [3.63, 3.8) is 0 Å². The Balaban J connectivity index is 2.45. The fourth-order valence-corrected chi connectivity index (χ4v) is 2.54. The first kappa shape index (κ1) is 12.2. The van der Waals surface area contributed by atoms with E-state index in [2.05, 4.69) is 10.4 Å². The van der Waals surface area contributed by atoms with Gasteiger partial charge in [0.05, 0.1) is 17.8 Å². The number of methoxy groups -OCH3 is 1. The van der Waals surface area contributed by atoms with Crippen LogP contribution in [0.3, 0.4) is 0 Å². The van der Waals surface area contributed by atoms with Crippen LogP contribution in [0.4, 0.5) is 5.13 Å². The summed E-state index contributed by atoms with van der Waals surface area (Å²) >= 11 is 7.59. The van der Waals surface area contributed by atoms with Gasteiger partial charge in [-0.3, -0.25) is 5.43 Å². The van der Waals surface area contributed by atoms with E-state index >= 15 is 0 Å². The van der Waals surface area contributed by atoms with Gasteiger partial charge in [0.2, 0.25) is 0 Å². The Labute approximate surface area is 108 Å². The number of rotatable bonds is 3. The minimum atomic E-state index is 0.569. The van der Waals surface area contributed by atoms with E-state index in [1.807, 2.05) is 25.1 Å². The maximum absolute atomic E-state index is 6.08. The van der Waals surface area contributed by atoms with Gasteiger partial charge in [-0.25, -0.2) is 10.8 Å². The smallest absolute Gasteiger partial charge is 0.197 e. The lowest BCUT2D eigenvalue weighted by molar-refractivity contribution is 0.415. The monoisotopic (exact) mass is 269 g/mol. The van der Waals surface area contributed by atoms with Crippen LogP contribution in [0.1, 0.15) is 4.88 Å². The Hall–Kier alpha value is -1.30. The SMILES string of the molecule is COc1ccc(-c2nc(NN)sc2C)cc1Cl. The van der Waals surface area contributed by atoms with Gasteiger partial charge >= 0.3 is 0 Å². The third kappa shape index (κ3) is 2.36. The number of hydrogen-bond acceptors (Lipinski definition) is 5. The normalized spacial score (nSPS) is 10.4. The standard InChI is InChI=1S/C11H12ClN3OS/c1-6-10(14-11(15-13)17-6)7-3-4-9(16-2)8(12)5-7/h3-5H,13H2,1-2H3,(H,14,15). The van der Waals surface area contributed by atoms with Crippen molar-refractivity contribution in [3.05, 3.63) is 28.1 Å². The number of anilines is 1. The third-order valence-electron chi connectivity index (χ3n) is 2.35. The summed E-state index contributed by atoms with van der Waals surface area (Å²) in [7, 11) is 1.59. The summed E-state index contributed by atoms with van der Waals surface area (Å²) in [5.41, 5.74) is 4.38. The van der Waals surface area contributed by atoms with Gasteiger partial charge in [-0.1, -0.05) is 11.6 Å². The number of benzene rings is 1. The Morgan fingerprint density at radius 2 is 2.24 bits per heavy atom. The number of hydrogen-bond donors (Lipinski definition) is 2. The zero-order chi connectivity index (χ0) is 12.4. The summed E-state index contributed by atoms with van der Waals surface area (Å²) in [5, 5.41) is 1.25. The van der Waals surface area contributed by atoms with E-state index in [0.29, 0.717) is 15.9 Å². The van der Waals surface area contributed by atoms with Crippen molar-refractivity contribution in [2.45, 2.75) is 6.92 Å². The van der Waals surface area contributed by atoms with Crippen LogP contribution >= 0.6 is 22.9 Å². The number of aryl methyl sites for hydroxylation is 1. The van der Waals surface area contributed by atoms with Crippen LogP contribution in [0.25, 0.3) is 11.3 Å². The van der Waals surface area contributed by atoms with Crippen molar-refractivity contribution in [2.24, 2.45) is 5.84 Å². The molecule has 2 aromatic rings. The second-order valence-electron chi connectivity index (χ2n) is 3.42. The summed E-state index contributed by atoms with van der Waals surface area (Å²) in [6.45, 7) is 1.99. The van der Waals surface area contributed by atoms with E-state index < -0.39 is 0 Å². The van der Waals surface area contributed by atoms with Gasteiger partial charge in [-0.15, -0.1) is 11.3 Å². The van der Waals surface area contributed by atoms with Gasteiger partial charge in [-0.05, 0) is 25.1 Å². The van der Waals surface area contributed by atoms with E-state index in [9.17, 15) is 0 Å².